The lowest BCUT2D eigenvalue weighted by Crippen LogP contribution is -3.12. The van der Waals surface area contributed by atoms with Gasteiger partial charge in [0.05, 0.1) is 38.4 Å². The molecule has 32 heavy (non-hydrogen) atoms. The Balaban J connectivity index is 1.48. The summed E-state index contributed by atoms with van der Waals surface area (Å²) in [6.07, 6.45) is 8.17. The molecule has 3 N–H and O–H groups in total. The smallest absolute Gasteiger partial charge is 0.262 e. The average molecular weight is 440 g/mol. The van der Waals surface area contributed by atoms with Gasteiger partial charge < -0.3 is 24.5 Å². The van der Waals surface area contributed by atoms with E-state index in [0.717, 1.165) is 0 Å². The van der Waals surface area contributed by atoms with E-state index >= 15 is 0 Å². The van der Waals surface area contributed by atoms with E-state index in [0.29, 0.717) is 48.4 Å². The number of nitrogens with zero attached hydrogens (tertiary/aromatic N) is 4. The summed E-state index contributed by atoms with van der Waals surface area (Å²) in [6.45, 7) is 2.93. The number of hydrogen-bond donors (Lipinski definition) is 3. The van der Waals surface area contributed by atoms with Crippen molar-refractivity contribution in [3.8, 4) is 28.8 Å². The first-order chi connectivity index (χ1) is 15.6. The van der Waals surface area contributed by atoms with Crippen LogP contribution >= 0.6 is 0 Å². The highest BCUT2D eigenvalue weighted by atomic mass is 16.5. The van der Waals surface area contributed by atoms with Crippen molar-refractivity contribution in [1.29, 1.82) is 0 Å². The first-order valence-electron chi connectivity index (χ1n) is 10.2. The minimum Gasteiger partial charge on any atom is -0.608 e. The second kappa shape index (κ2) is 9.94. The van der Waals surface area contributed by atoms with E-state index in [1.807, 2.05) is 6.92 Å². The van der Waals surface area contributed by atoms with Gasteiger partial charge >= 0.3 is 0 Å². The lowest BCUT2D eigenvalue weighted by Gasteiger charge is -2.32. The molecular formula is C21H24N6O5. The maximum Gasteiger partial charge on any atom is 0.262 e. The van der Waals surface area contributed by atoms with E-state index in [9.17, 15) is 10.3 Å². The van der Waals surface area contributed by atoms with Gasteiger partial charge in [0.25, 0.3) is 5.88 Å². The SMILES string of the molecule is CCOc1cccnc1Oc1cncc(-c2ncc([NH+]([O-])NC3(CO)CCOC3)cn2)c1. The Morgan fingerprint density at radius 3 is 2.81 bits per heavy atom. The molecule has 11 nitrogen and oxygen atoms in total. The van der Waals surface area contributed by atoms with Crippen LogP contribution in [-0.2, 0) is 4.74 Å². The maximum absolute atomic E-state index is 12.5. The van der Waals surface area contributed by atoms with E-state index in [4.69, 9.17) is 14.2 Å². The summed E-state index contributed by atoms with van der Waals surface area (Å²) in [5.41, 5.74) is 2.95. The van der Waals surface area contributed by atoms with Gasteiger partial charge in [0.15, 0.2) is 17.3 Å². The summed E-state index contributed by atoms with van der Waals surface area (Å²) in [5, 5.41) is 21.8. The molecule has 0 aliphatic carbocycles. The Bertz CT molecular complexity index is 1030. The lowest BCUT2D eigenvalue weighted by atomic mass is 10.0. The Kier molecular flexibility index (Phi) is 6.83. The third kappa shape index (κ3) is 4.98. The summed E-state index contributed by atoms with van der Waals surface area (Å²) >= 11 is 0. The third-order valence-electron chi connectivity index (χ3n) is 4.92. The van der Waals surface area contributed by atoms with Gasteiger partial charge in [-0.25, -0.2) is 15.0 Å². The Hall–Kier alpha value is -3.22. The minimum atomic E-state index is -0.767. The van der Waals surface area contributed by atoms with Crippen molar-refractivity contribution >= 4 is 5.69 Å². The average Bonchev–Trinajstić information content (AvgIpc) is 3.30. The molecule has 4 rings (SSSR count). The molecule has 1 fully saturated rings. The van der Waals surface area contributed by atoms with Crippen molar-refractivity contribution < 1.29 is 24.5 Å². The van der Waals surface area contributed by atoms with Crippen LogP contribution in [-0.4, -0.2) is 57.0 Å². The summed E-state index contributed by atoms with van der Waals surface area (Å²) in [6, 6.07) is 5.26. The van der Waals surface area contributed by atoms with Crippen LogP contribution in [0, 0.1) is 5.21 Å². The fraction of sp³-hybridized carbons (Fsp3) is 0.333. The fourth-order valence-corrected chi connectivity index (χ4v) is 3.20. The number of aromatic nitrogens is 4. The van der Waals surface area contributed by atoms with Crippen molar-refractivity contribution in [3.05, 3.63) is 54.4 Å². The predicted molar refractivity (Wildman–Crippen MR) is 113 cm³/mol. The van der Waals surface area contributed by atoms with Gasteiger partial charge in [-0.05, 0) is 31.5 Å². The molecule has 0 bridgehead atoms. The monoisotopic (exact) mass is 440 g/mol. The number of rotatable bonds is 9. The quantitative estimate of drug-likeness (QED) is 0.409. The molecule has 3 aromatic rings. The minimum absolute atomic E-state index is 0.197. The Morgan fingerprint density at radius 2 is 2.09 bits per heavy atom. The van der Waals surface area contributed by atoms with Crippen LogP contribution in [0.5, 0.6) is 17.4 Å². The molecule has 1 aliphatic rings. The normalized spacial score (nSPS) is 19.0. The first kappa shape index (κ1) is 22.0. The molecule has 2 atom stereocenters. The number of aliphatic hydroxyl groups is 1. The van der Waals surface area contributed by atoms with Crippen LogP contribution in [0.15, 0.2) is 49.2 Å². The van der Waals surface area contributed by atoms with Crippen LogP contribution in [0.3, 0.4) is 0 Å². The summed E-state index contributed by atoms with van der Waals surface area (Å²) in [7, 11) is 0. The standard InChI is InChI=1S/C21H24N6O5/c1-2-31-18-4-3-6-23-20(18)32-17-8-15(9-22-12-17)19-24-10-16(11-25-19)27(29)26-21(13-28)5-7-30-14-21/h3-4,6,8-12,26-28H,2,5,7,13-14H2,1H3. The van der Waals surface area contributed by atoms with Gasteiger partial charge in [0, 0.05) is 24.6 Å². The number of hydrogen-bond acceptors (Lipinski definition) is 10. The van der Waals surface area contributed by atoms with Crippen molar-refractivity contribution in [2.75, 3.05) is 26.4 Å². The number of quaternary nitrogens is 1. The molecule has 4 heterocycles. The molecule has 0 saturated carbocycles. The third-order valence-corrected chi connectivity index (χ3v) is 4.92. The number of aliphatic hydroxyl groups excluding tert-OH is 1. The molecule has 11 heteroatoms. The largest absolute Gasteiger partial charge is 0.608 e. The van der Waals surface area contributed by atoms with Gasteiger partial charge in [-0.1, -0.05) is 0 Å². The molecule has 168 valence electrons. The zero-order valence-corrected chi connectivity index (χ0v) is 17.5. The van der Waals surface area contributed by atoms with Crippen molar-refractivity contribution in [2.24, 2.45) is 0 Å². The lowest BCUT2D eigenvalue weighted by molar-refractivity contribution is -0.837. The second-order valence-electron chi connectivity index (χ2n) is 7.24. The van der Waals surface area contributed by atoms with Gasteiger partial charge in [-0.3, -0.25) is 10.2 Å². The summed E-state index contributed by atoms with van der Waals surface area (Å²) in [4.78, 5) is 17.0. The summed E-state index contributed by atoms with van der Waals surface area (Å²) in [5.74, 6) is 1.68. The van der Waals surface area contributed by atoms with Crippen molar-refractivity contribution in [3.63, 3.8) is 0 Å². The van der Waals surface area contributed by atoms with E-state index in [-0.39, 0.29) is 24.1 Å². The molecular weight excluding hydrogens is 416 g/mol. The highest BCUT2D eigenvalue weighted by Gasteiger charge is 2.37. The molecule has 0 spiro atoms. The first-order valence-corrected chi connectivity index (χ1v) is 10.2. The van der Waals surface area contributed by atoms with Gasteiger partial charge in [-0.2, -0.15) is 5.43 Å². The number of ether oxygens (including phenoxy) is 3. The molecule has 2 unspecified atom stereocenters. The van der Waals surface area contributed by atoms with E-state index in [2.05, 4.69) is 25.4 Å². The predicted octanol–water partition coefficient (Wildman–Crippen LogP) is 0.795. The molecule has 1 saturated heterocycles. The number of nitrogens with one attached hydrogen (secondary N) is 2. The molecule has 3 aromatic heterocycles. The Morgan fingerprint density at radius 1 is 1.25 bits per heavy atom. The van der Waals surface area contributed by atoms with Crippen LogP contribution in [0.4, 0.5) is 5.69 Å². The highest BCUT2D eigenvalue weighted by molar-refractivity contribution is 5.56. The Labute approximate surface area is 184 Å². The second-order valence-corrected chi connectivity index (χ2v) is 7.24. The zero-order valence-electron chi connectivity index (χ0n) is 17.5. The highest BCUT2D eigenvalue weighted by Crippen LogP contribution is 2.30. The van der Waals surface area contributed by atoms with Crippen LogP contribution < -0.4 is 20.1 Å². The van der Waals surface area contributed by atoms with Gasteiger partial charge in [-0.15, -0.1) is 0 Å². The molecule has 1 aliphatic heterocycles. The van der Waals surface area contributed by atoms with Crippen molar-refractivity contribution in [1.82, 2.24) is 25.4 Å². The van der Waals surface area contributed by atoms with Crippen LogP contribution in [0.25, 0.3) is 11.4 Å². The fourth-order valence-electron chi connectivity index (χ4n) is 3.20. The van der Waals surface area contributed by atoms with E-state index in [1.165, 1.54) is 12.4 Å². The van der Waals surface area contributed by atoms with Crippen LogP contribution in [0.1, 0.15) is 13.3 Å². The van der Waals surface area contributed by atoms with Gasteiger partial charge in [0.1, 0.15) is 11.3 Å². The zero-order chi connectivity index (χ0) is 22.4. The van der Waals surface area contributed by atoms with E-state index < -0.39 is 5.54 Å². The van der Waals surface area contributed by atoms with Crippen LogP contribution in [0.2, 0.25) is 0 Å². The van der Waals surface area contributed by atoms with Crippen molar-refractivity contribution in [2.45, 2.75) is 18.9 Å². The molecule has 0 aromatic carbocycles. The maximum atomic E-state index is 12.5. The summed E-state index contributed by atoms with van der Waals surface area (Å²) < 4.78 is 16.7. The number of pyridine rings is 2. The molecule has 0 amide bonds. The topological polar surface area (TPSA) is 139 Å². The van der Waals surface area contributed by atoms with Gasteiger partial charge in [0.2, 0.25) is 0 Å². The molecule has 0 radical (unpaired) electrons. The van der Waals surface area contributed by atoms with E-state index in [1.54, 1.807) is 36.8 Å².